The van der Waals surface area contributed by atoms with E-state index in [1.807, 2.05) is 18.2 Å². The van der Waals surface area contributed by atoms with Gasteiger partial charge >= 0.3 is 0 Å². The molecule has 0 saturated carbocycles. The van der Waals surface area contributed by atoms with Crippen LogP contribution in [0.2, 0.25) is 0 Å². The lowest BCUT2D eigenvalue weighted by Gasteiger charge is -2.22. The van der Waals surface area contributed by atoms with Crippen LogP contribution in [-0.4, -0.2) is 26.4 Å². The lowest BCUT2D eigenvalue weighted by Crippen LogP contribution is -2.24. The second-order valence-corrected chi connectivity index (χ2v) is 4.77. The topological polar surface area (TPSA) is 30.5 Å². The molecule has 3 nitrogen and oxygen atoms in total. The van der Waals surface area contributed by atoms with Gasteiger partial charge in [0.25, 0.3) is 0 Å². The molecule has 0 bridgehead atoms. The summed E-state index contributed by atoms with van der Waals surface area (Å²) in [5, 5.41) is 3.55. The molecule has 102 valence electrons. The van der Waals surface area contributed by atoms with Crippen LogP contribution in [-0.2, 0) is 4.74 Å². The van der Waals surface area contributed by atoms with Gasteiger partial charge < -0.3 is 14.8 Å². The summed E-state index contributed by atoms with van der Waals surface area (Å²) in [6.07, 6.45) is 1.12. The lowest BCUT2D eigenvalue weighted by molar-refractivity contribution is 0.146. The summed E-state index contributed by atoms with van der Waals surface area (Å²) in [6, 6.07) is 8.60. The molecule has 1 atom stereocenters. The van der Waals surface area contributed by atoms with E-state index >= 15 is 0 Å². The van der Waals surface area contributed by atoms with E-state index in [2.05, 4.69) is 32.2 Å². The Morgan fingerprint density at radius 2 is 2.00 bits per heavy atom. The Bertz CT molecular complexity index is 339. The Kier molecular flexibility index (Phi) is 6.58. The van der Waals surface area contributed by atoms with Gasteiger partial charge in [-0.05, 0) is 24.5 Å². The normalized spacial score (nSPS) is 12.5. The van der Waals surface area contributed by atoms with Gasteiger partial charge in [0.05, 0.1) is 6.61 Å². The van der Waals surface area contributed by atoms with Gasteiger partial charge in [-0.3, -0.25) is 0 Å². The van der Waals surface area contributed by atoms with E-state index in [0.29, 0.717) is 25.2 Å². The number of methoxy groups -OCH3 is 1. The molecule has 0 aliphatic heterocycles. The quantitative estimate of drug-likeness (QED) is 0.717. The van der Waals surface area contributed by atoms with Crippen molar-refractivity contribution in [1.82, 2.24) is 0 Å². The van der Waals surface area contributed by atoms with Crippen molar-refractivity contribution in [2.24, 2.45) is 5.92 Å². The van der Waals surface area contributed by atoms with Crippen LogP contribution in [0.5, 0.6) is 5.75 Å². The summed E-state index contributed by atoms with van der Waals surface area (Å²) in [6.45, 7) is 7.87. The average Bonchev–Trinajstić information content (AvgIpc) is 2.36. The van der Waals surface area contributed by atoms with Crippen molar-refractivity contribution in [2.75, 3.05) is 25.6 Å². The lowest BCUT2D eigenvalue weighted by atomic mass is 10.0. The molecule has 0 spiro atoms. The van der Waals surface area contributed by atoms with Crippen LogP contribution in [0.15, 0.2) is 24.3 Å². The van der Waals surface area contributed by atoms with E-state index in [0.717, 1.165) is 17.9 Å². The van der Waals surface area contributed by atoms with Crippen LogP contribution in [0.3, 0.4) is 0 Å². The van der Waals surface area contributed by atoms with Crippen molar-refractivity contribution < 1.29 is 9.47 Å². The predicted molar refractivity (Wildman–Crippen MR) is 76.4 cm³/mol. The molecule has 0 aliphatic rings. The molecule has 3 heteroatoms. The summed E-state index contributed by atoms with van der Waals surface area (Å²) in [5.41, 5.74) is 1.12. The Balaban J connectivity index is 2.58. The Labute approximate surface area is 110 Å². The molecular formula is C15H25NO2. The fraction of sp³-hybridized carbons (Fsp3) is 0.600. The van der Waals surface area contributed by atoms with Crippen LogP contribution < -0.4 is 10.1 Å². The maximum Gasteiger partial charge on any atom is 0.121 e. The Morgan fingerprint density at radius 1 is 1.22 bits per heavy atom. The third-order valence-corrected chi connectivity index (χ3v) is 2.99. The van der Waals surface area contributed by atoms with Gasteiger partial charge in [-0.1, -0.05) is 26.8 Å². The largest absolute Gasteiger partial charge is 0.491 e. The molecular weight excluding hydrogens is 226 g/mol. The van der Waals surface area contributed by atoms with Gasteiger partial charge in [-0.15, -0.1) is 0 Å². The van der Waals surface area contributed by atoms with Gasteiger partial charge in [0.1, 0.15) is 12.4 Å². The zero-order valence-electron chi connectivity index (χ0n) is 11.9. The monoisotopic (exact) mass is 251 g/mol. The first kappa shape index (κ1) is 14.8. The van der Waals surface area contributed by atoms with Crippen molar-refractivity contribution in [1.29, 1.82) is 0 Å². The zero-order chi connectivity index (χ0) is 13.4. The molecule has 0 amide bonds. The first-order valence-electron chi connectivity index (χ1n) is 6.65. The fourth-order valence-corrected chi connectivity index (χ4v) is 1.87. The minimum absolute atomic E-state index is 0.499. The molecule has 0 saturated heterocycles. The number of rotatable bonds is 8. The van der Waals surface area contributed by atoms with Crippen molar-refractivity contribution in [3.05, 3.63) is 24.3 Å². The number of hydrogen-bond acceptors (Lipinski definition) is 3. The molecule has 1 rings (SSSR count). The molecule has 1 aromatic carbocycles. The molecule has 0 aromatic heterocycles. The maximum absolute atomic E-state index is 5.60. The number of benzene rings is 1. The Morgan fingerprint density at radius 3 is 2.61 bits per heavy atom. The molecule has 0 aliphatic carbocycles. The highest BCUT2D eigenvalue weighted by molar-refractivity contribution is 5.48. The van der Waals surface area contributed by atoms with Crippen LogP contribution in [0.25, 0.3) is 0 Å². The van der Waals surface area contributed by atoms with Crippen molar-refractivity contribution in [3.8, 4) is 5.75 Å². The summed E-state index contributed by atoms with van der Waals surface area (Å²) in [7, 11) is 1.68. The molecule has 18 heavy (non-hydrogen) atoms. The van der Waals surface area contributed by atoms with Gasteiger partial charge in [0, 0.05) is 24.9 Å². The van der Waals surface area contributed by atoms with Crippen LogP contribution in [0.4, 0.5) is 5.69 Å². The highest BCUT2D eigenvalue weighted by Gasteiger charge is 2.10. The number of ether oxygens (including phenoxy) is 2. The van der Waals surface area contributed by atoms with E-state index < -0.39 is 0 Å². The smallest absolute Gasteiger partial charge is 0.121 e. The number of anilines is 1. The summed E-state index contributed by atoms with van der Waals surface area (Å²) in [4.78, 5) is 0. The second kappa shape index (κ2) is 7.98. The molecule has 0 radical (unpaired) electrons. The fourth-order valence-electron chi connectivity index (χ4n) is 1.87. The summed E-state index contributed by atoms with van der Waals surface area (Å²) >= 11 is 0. The minimum Gasteiger partial charge on any atom is -0.491 e. The first-order chi connectivity index (χ1) is 8.67. The van der Waals surface area contributed by atoms with E-state index in [4.69, 9.17) is 9.47 Å². The minimum atomic E-state index is 0.499. The number of hydrogen-bond donors (Lipinski definition) is 1. The summed E-state index contributed by atoms with van der Waals surface area (Å²) < 4.78 is 10.6. The summed E-state index contributed by atoms with van der Waals surface area (Å²) in [5.74, 6) is 1.50. The highest BCUT2D eigenvalue weighted by Crippen LogP contribution is 2.20. The van der Waals surface area contributed by atoms with Crippen LogP contribution in [0.1, 0.15) is 27.2 Å². The third-order valence-electron chi connectivity index (χ3n) is 2.99. The van der Waals surface area contributed by atoms with Gasteiger partial charge in [-0.2, -0.15) is 0 Å². The highest BCUT2D eigenvalue weighted by atomic mass is 16.5. The third kappa shape index (κ3) is 4.96. The van der Waals surface area contributed by atoms with Crippen LogP contribution in [0, 0.1) is 5.92 Å². The Hall–Kier alpha value is -1.22. The SMILES string of the molecule is CCC(Nc1cccc(OCCOC)c1)C(C)C. The van der Waals surface area contributed by atoms with Gasteiger partial charge in [0.15, 0.2) is 0 Å². The first-order valence-corrected chi connectivity index (χ1v) is 6.65. The molecule has 1 unspecified atom stereocenters. The van der Waals surface area contributed by atoms with Crippen molar-refractivity contribution in [3.63, 3.8) is 0 Å². The number of nitrogens with one attached hydrogen (secondary N) is 1. The van der Waals surface area contributed by atoms with Gasteiger partial charge in [-0.25, -0.2) is 0 Å². The second-order valence-electron chi connectivity index (χ2n) is 4.77. The molecule has 1 N–H and O–H groups in total. The standard InChI is InChI=1S/C15H25NO2/c1-5-15(12(2)3)16-13-7-6-8-14(11-13)18-10-9-17-4/h6-8,11-12,15-16H,5,9-10H2,1-4H3. The van der Waals surface area contributed by atoms with E-state index in [-0.39, 0.29) is 0 Å². The average molecular weight is 251 g/mol. The van der Waals surface area contributed by atoms with Gasteiger partial charge in [0.2, 0.25) is 0 Å². The van der Waals surface area contributed by atoms with Crippen molar-refractivity contribution in [2.45, 2.75) is 33.2 Å². The van der Waals surface area contributed by atoms with Crippen LogP contribution >= 0.6 is 0 Å². The molecule has 1 aromatic rings. The van der Waals surface area contributed by atoms with E-state index in [9.17, 15) is 0 Å². The van der Waals surface area contributed by atoms with E-state index in [1.54, 1.807) is 7.11 Å². The van der Waals surface area contributed by atoms with E-state index in [1.165, 1.54) is 0 Å². The molecule has 0 fully saturated rings. The maximum atomic E-state index is 5.60. The zero-order valence-corrected chi connectivity index (χ0v) is 11.9. The van der Waals surface area contributed by atoms with Crippen molar-refractivity contribution >= 4 is 5.69 Å². The predicted octanol–water partition coefficient (Wildman–Crippen LogP) is 3.56. The molecule has 0 heterocycles.